The molecule has 1 aliphatic rings. The van der Waals surface area contributed by atoms with Crippen LogP contribution in [0.5, 0.6) is 0 Å². The molecule has 0 bridgehead atoms. The quantitative estimate of drug-likeness (QED) is 0.905. The number of nitrogens with one attached hydrogen (secondary N) is 2. The summed E-state index contributed by atoms with van der Waals surface area (Å²) in [6, 6.07) is 11.3. The molecule has 1 aromatic heterocycles. The minimum atomic E-state index is -0.0691. The second-order valence-corrected chi connectivity index (χ2v) is 5.96. The molecule has 2 aromatic rings. The van der Waals surface area contributed by atoms with E-state index in [0.717, 1.165) is 21.8 Å². The van der Waals surface area contributed by atoms with E-state index in [1.165, 1.54) is 11.8 Å². The number of pyridine rings is 1. The number of benzene rings is 1. The Morgan fingerprint density at radius 1 is 1.32 bits per heavy atom. The zero-order chi connectivity index (χ0) is 15.4. The van der Waals surface area contributed by atoms with Gasteiger partial charge in [-0.25, -0.2) is 0 Å². The number of nitrogens with zero attached hydrogens (tertiary/aromatic N) is 1. The zero-order valence-corrected chi connectivity index (χ0v) is 12.7. The van der Waals surface area contributed by atoms with E-state index in [-0.39, 0.29) is 18.2 Å². The highest BCUT2D eigenvalue weighted by Gasteiger charge is 2.16. The van der Waals surface area contributed by atoms with E-state index in [1.54, 1.807) is 6.20 Å². The summed E-state index contributed by atoms with van der Waals surface area (Å²) in [6.45, 7) is 0.414. The molecule has 0 spiro atoms. The highest BCUT2D eigenvalue weighted by molar-refractivity contribution is 8.00. The van der Waals surface area contributed by atoms with Crippen molar-refractivity contribution >= 4 is 29.3 Å². The maximum Gasteiger partial charge on any atom is 0.234 e. The normalized spacial score (nSPS) is 13.2. The van der Waals surface area contributed by atoms with Crippen molar-refractivity contribution in [2.45, 2.75) is 17.9 Å². The third kappa shape index (κ3) is 3.65. The van der Waals surface area contributed by atoms with Crippen LogP contribution in [0.1, 0.15) is 11.3 Å². The molecular formula is C16H15N3O2S. The SMILES string of the molecule is O=C(Cc1ccc2c(c1)NC(=O)CS2)NCc1ccccn1. The maximum atomic E-state index is 12.0. The average molecular weight is 313 g/mol. The van der Waals surface area contributed by atoms with Crippen molar-refractivity contribution < 1.29 is 9.59 Å². The fourth-order valence-corrected chi connectivity index (χ4v) is 2.97. The predicted molar refractivity (Wildman–Crippen MR) is 85.6 cm³/mol. The molecule has 112 valence electrons. The van der Waals surface area contributed by atoms with Crippen molar-refractivity contribution in [1.29, 1.82) is 0 Å². The van der Waals surface area contributed by atoms with Gasteiger partial charge in [-0.3, -0.25) is 14.6 Å². The van der Waals surface area contributed by atoms with E-state index >= 15 is 0 Å². The van der Waals surface area contributed by atoms with Crippen LogP contribution in [0.2, 0.25) is 0 Å². The predicted octanol–water partition coefficient (Wildman–Crippen LogP) is 1.98. The van der Waals surface area contributed by atoms with Gasteiger partial charge in [0.1, 0.15) is 0 Å². The van der Waals surface area contributed by atoms with E-state index in [4.69, 9.17) is 0 Å². The van der Waals surface area contributed by atoms with E-state index in [2.05, 4.69) is 15.6 Å². The first-order valence-electron chi connectivity index (χ1n) is 6.93. The van der Waals surface area contributed by atoms with Gasteiger partial charge in [0.25, 0.3) is 0 Å². The van der Waals surface area contributed by atoms with Crippen molar-refractivity contribution in [2.24, 2.45) is 0 Å². The van der Waals surface area contributed by atoms with E-state index in [1.807, 2.05) is 36.4 Å². The third-order valence-corrected chi connectivity index (χ3v) is 4.31. The topological polar surface area (TPSA) is 71.1 Å². The molecule has 5 nitrogen and oxygen atoms in total. The first kappa shape index (κ1) is 14.6. The molecule has 3 rings (SSSR count). The molecular weight excluding hydrogens is 298 g/mol. The monoisotopic (exact) mass is 313 g/mol. The number of hydrogen-bond donors (Lipinski definition) is 2. The number of carbonyl (C=O) groups excluding carboxylic acids is 2. The lowest BCUT2D eigenvalue weighted by Crippen LogP contribution is -2.25. The van der Waals surface area contributed by atoms with Gasteiger partial charge in [0, 0.05) is 11.1 Å². The minimum Gasteiger partial charge on any atom is -0.350 e. The van der Waals surface area contributed by atoms with Gasteiger partial charge in [0.05, 0.1) is 30.1 Å². The smallest absolute Gasteiger partial charge is 0.234 e. The Morgan fingerprint density at radius 3 is 3.05 bits per heavy atom. The summed E-state index contributed by atoms with van der Waals surface area (Å²) in [6.07, 6.45) is 1.98. The van der Waals surface area contributed by atoms with E-state index in [9.17, 15) is 9.59 Å². The fourth-order valence-electron chi connectivity index (χ4n) is 2.18. The number of thioether (sulfide) groups is 1. The van der Waals surface area contributed by atoms with Crippen LogP contribution < -0.4 is 10.6 Å². The summed E-state index contributed by atoms with van der Waals surface area (Å²) in [5.74, 6) is 0.367. The van der Waals surface area contributed by atoms with Gasteiger partial charge in [0.15, 0.2) is 0 Å². The minimum absolute atomic E-state index is 0.00532. The van der Waals surface area contributed by atoms with Gasteiger partial charge in [0.2, 0.25) is 11.8 Å². The Kier molecular flexibility index (Phi) is 4.39. The number of aromatic nitrogens is 1. The Morgan fingerprint density at radius 2 is 2.23 bits per heavy atom. The zero-order valence-electron chi connectivity index (χ0n) is 11.8. The van der Waals surface area contributed by atoms with E-state index < -0.39 is 0 Å². The van der Waals surface area contributed by atoms with Crippen molar-refractivity contribution in [3.05, 3.63) is 53.9 Å². The highest BCUT2D eigenvalue weighted by atomic mass is 32.2. The molecule has 0 radical (unpaired) electrons. The Bertz CT molecular complexity index is 704. The number of anilines is 1. The average Bonchev–Trinajstić information content (AvgIpc) is 2.53. The number of amides is 2. The summed E-state index contributed by atoms with van der Waals surface area (Å²) in [5, 5.41) is 5.67. The molecule has 22 heavy (non-hydrogen) atoms. The van der Waals surface area contributed by atoms with Crippen molar-refractivity contribution in [3.63, 3.8) is 0 Å². The number of fused-ring (bicyclic) bond motifs is 1. The van der Waals surface area contributed by atoms with Gasteiger partial charge in [-0.1, -0.05) is 12.1 Å². The first-order chi connectivity index (χ1) is 10.7. The lowest BCUT2D eigenvalue weighted by molar-refractivity contribution is -0.120. The molecule has 6 heteroatoms. The lowest BCUT2D eigenvalue weighted by Gasteiger charge is -2.17. The van der Waals surface area contributed by atoms with Gasteiger partial charge < -0.3 is 10.6 Å². The Hall–Kier alpha value is -2.34. The second-order valence-electron chi connectivity index (χ2n) is 4.94. The maximum absolute atomic E-state index is 12.0. The van der Waals surface area contributed by atoms with Crippen LogP contribution in [0.25, 0.3) is 0 Å². The van der Waals surface area contributed by atoms with Crippen LogP contribution in [-0.2, 0) is 22.6 Å². The van der Waals surface area contributed by atoms with Gasteiger partial charge in [-0.2, -0.15) is 0 Å². The number of carbonyl (C=O) groups is 2. The van der Waals surface area contributed by atoms with Crippen LogP contribution >= 0.6 is 11.8 Å². The Labute approximate surface area is 132 Å². The van der Waals surface area contributed by atoms with Crippen LogP contribution in [0.4, 0.5) is 5.69 Å². The van der Waals surface area contributed by atoms with Crippen LogP contribution in [0, 0.1) is 0 Å². The molecule has 2 heterocycles. The molecule has 2 amide bonds. The van der Waals surface area contributed by atoms with Gasteiger partial charge in [-0.05, 0) is 29.8 Å². The molecule has 0 aliphatic carbocycles. The summed E-state index contributed by atoms with van der Waals surface area (Å²) in [7, 11) is 0. The van der Waals surface area contributed by atoms with Crippen LogP contribution in [0.3, 0.4) is 0 Å². The number of rotatable bonds is 4. The van der Waals surface area contributed by atoms with E-state index in [0.29, 0.717) is 12.3 Å². The lowest BCUT2D eigenvalue weighted by atomic mass is 10.1. The molecule has 1 aromatic carbocycles. The van der Waals surface area contributed by atoms with Gasteiger partial charge >= 0.3 is 0 Å². The largest absolute Gasteiger partial charge is 0.350 e. The van der Waals surface area contributed by atoms with Crippen molar-refractivity contribution in [1.82, 2.24) is 10.3 Å². The molecule has 0 saturated carbocycles. The first-order valence-corrected chi connectivity index (χ1v) is 7.91. The second kappa shape index (κ2) is 6.62. The van der Waals surface area contributed by atoms with Crippen LogP contribution in [0.15, 0.2) is 47.5 Å². The van der Waals surface area contributed by atoms with Crippen molar-refractivity contribution in [2.75, 3.05) is 11.1 Å². The standard InChI is InChI=1S/C16H15N3O2S/c20-15(18-9-12-3-1-2-6-17-12)8-11-4-5-14-13(7-11)19-16(21)10-22-14/h1-7H,8-10H2,(H,18,20)(H,19,21). The molecule has 0 unspecified atom stereocenters. The molecule has 0 atom stereocenters. The molecule has 2 N–H and O–H groups in total. The van der Waals surface area contributed by atoms with Crippen LogP contribution in [-0.4, -0.2) is 22.6 Å². The Balaban J connectivity index is 1.60. The molecule has 1 aliphatic heterocycles. The number of hydrogen-bond acceptors (Lipinski definition) is 4. The summed E-state index contributed by atoms with van der Waals surface area (Å²) < 4.78 is 0. The summed E-state index contributed by atoms with van der Waals surface area (Å²) in [5.41, 5.74) is 2.49. The molecule has 0 saturated heterocycles. The van der Waals surface area contributed by atoms with Gasteiger partial charge in [-0.15, -0.1) is 11.8 Å². The fraction of sp³-hybridized carbons (Fsp3) is 0.188. The van der Waals surface area contributed by atoms with Crippen molar-refractivity contribution in [3.8, 4) is 0 Å². The third-order valence-electron chi connectivity index (χ3n) is 3.23. The summed E-state index contributed by atoms with van der Waals surface area (Å²) in [4.78, 5) is 28.6. The summed E-state index contributed by atoms with van der Waals surface area (Å²) >= 11 is 1.51. The molecule has 0 fully saturated rings. The highest BCUT2D eigenvalue weighted by Crippen LogP contribution is 2.31.